The van der Waals surface area contributed by atoms with Crippen LogP contribution in [0, 0.1) is 0 Å². The van der Waals surface area contributed by atoms with E-state index < -0.39 is 0 Å². The third kappa shape index (κ3) is 2.72. The Kier molecular flexibility index (Phi) is 3.88. The monoisotopic (exact) mass is 224 g/mol. The first-order valence-electron chi connectivity index (χ1n) is 5.27. The van der Waals surface area contributed by atoms with Crippen LogP contribution in [0.25, 0.3) is 0 Å². The van der Waals surface area contributed by atoms with Crippen molar-refractivity contribution in [1.29, 1.82) is 0 Å². The molecule has 0 unspecified atom stereocenters. The van der Waals surface area contributed by atoms with Gasteiger partial charge in [0.2, 0.25) is 0 Å². The van der Waals surface area contributed by atoms with Gasteiger partial charge in [-0.15, -0.1) is 0 Å². The molecule has 2 aliphatic rings. The largest absolute Gasteiger partial charge is 0.504 e. The smallest absolute Gasteiger partial charge is 0.197 e. The summed E-state index contributed by atoms with van der Waals surface area (Å²) in [7, 11) is 0. The Morgan fingerprint density at radius 1 is 0.750 bits per heavy atom. The molecule has 0 spiro atoms. The summed E-state index contributed by atoms with van der Waals surface area (Å²) < 4.78 is 0. The molecule has 0 fully saturated rings. The quantitative estimate of drug-likeness (QED) is 0.662. The maximum atomic E-state index is 10.5. The van der Waals surface area contributed by atoms with Gasteiger partial charge in [-0.25, -0.2) is 0 Å². The van der Waals surface area contributed by atoms with Crippen molar-refractivity contribution in [2.24, 2.45) is 0 Å². The number of allylic oxidation sites excluding steroid dienone is 4. The molecule has 0 saturated heterocycles. The molecule has 0 amide bonds. The number of Topliss-reactive ketones (excluding diaryl/α,β-unsaturated/α-hetero) is 2. The molecule has 4 heteroatoms. The van der Waals surface area contributed by atoms with E-state index in [2.05, 4.69) is 0 Å². The third-order valence-corrected chi connectivity index (χ3v) is 2.79. The standard InChI is InChI=1S/2C6H8O2/c2*1-4-2-3-5(7)6(4)8/h2*8H,2-3H2,1H3. The summed E-state index contributed by atoms with van der Waals surface area (Å²) in [6, 6.07) is 0. The first-order valence-corrected chi connectivity index (χ1v) is 5.27. The van der Waals surface area contributed by atoms with Crippen molar-refractivity contribution in [3.63, 3.8) is 0 Å². The van der Waals surface area contributed by atoms with Gasteiger partial charge in [0.25, 0.3) is 0 Å². The Bertz CT molecular complexity index is 350. The van der Waals surface area contributed by atoms with E-state index in [1.807, 2.05) is 0 Å². The molecule has 0 aromatic carbocycles. The molecule has 0 saturated carbocycles. The van der Waals surface area contributed by atoms with E-state index in [-0.39, 0.29) is 23.1 Å². The Hall–Kier alpha value is -1.58. The van der Waals surface area contributed by atoms with Crippen molar-refractivity contribution in [2.75, 3.05) is 0 Å². The maximum Gasteiger partial charge on any atom is 0.197 e. The zero-order valence-electron chi connectivity index (χ0n) is 9.54. The number of hydrogen-bond acceptors (Lipinski definition) is 4. The second-order valence-corrected chi connectivity index (χ2v) is 4.10. The van der Waals surface area contributed by atoms with Crippen molar-refractivity contribution in [3.8, 4) is 0 Å². The lowest BCUT2D eigenvalue weighted by molar-refractivity contribution is -0.117. The second-order valence-electron chi connectivity index (χ2n) is 4.10. The molecule has 0 heterocycles. The van der Waals surface area contributed by atoms with Gasteiger partial charge in [-0.3, -0.25) is 9.59 Å². The first kappa shape index (κ1) is 12.5. The van der Waals surface area contributed by atoms with E-state index in [1.165, 1.54) is 0 Å². The minimum atomic E-state index is -0.109. The number of carbonyl (C=O) groups excluding carboxylic acids is 2. The number of aliphatic hydroxyl groups excluding tert-OH is 2. The summed E-state index contributed by atoms with van der Waals surface area (Å²) >= 11 is 0. The van der Waals surface area contributed by atoms with Gasteiger partial charge in [-0.05, 0) is 37.8 Å². The highest BCUT2D eigenvalue weighted by molar-refractivity contribution is 5.96. The Labute approximate surface area is 94.3 Å². The summed E-state index contributed by atoms with van der Waals surface area (Å²) in [6.45, 7) is 3.56. The molecule has 2 aliphatic carbocycles. The molecule has 2 rings (SSSR count). The maximum absolute atomic E-state index is 10.5. The van der Waals surface area contributed by atoms with Crippen LogP contribution in [-0.2, 0) is 9.59 Å². The van der Waals surface area contributed by atoms with Gasteiger partial charge in [-0.2, -0.15) is 0 Å². The molecule has 0 aromatic rings. The second kappa shape index (κ2) is 4.96. The van der Waals surface area contributed by atoms with Crippen LogP contribution in [0.5, 0.6) is 0 Å². The average Bonchev–Trinajstić information content (AvgIpc) is 2.70. The molecular formula is C12H16O4. The highest BCUT2D eigenvalue weighted by Gasteiger charge is 2.18. The van der Waals surface area contributed by atoms with Crippen LogP contribution in [0.3, 0.4) is 0 Å². The van der Waals surface area contributed by atoms with Crippen molar-refractivity contribution in [2.45, 2.75) is 39.5 Å². The fraction of sp³-hybridized carbons (Fsp3) is 0.500. The predicted molar refractivity (Wildman–Crippen MR) is 59.1 cm³/mol. The van der Waals surface area contributed by atoms with Gasteiger partial charge in [-0.1, -0.05) is 0 Å². The van der Waals surface area contributed by atoms with Crippen molar-refractivity contribution in [1.82, 2.24) is 0 Å². The lowest BCUT2D eigenvalue weighted by Crippen LogP contribution is -1.92. The van der Waals surface area contributed by atoms with Crippen LogP contribution in [-0.4, -0.2) is 21.8 Å². The molecule has 0 aliphatic heterocycles. The summed E-state index contributed by atoms with van der Waals surface area (Å²) in [4.78, 5) is 21.0. The molecule has 2 N–H and O–H groups in total. The van der Waals surface area contributed by atoms with E-state index in [0.717, 1.165) is 24.0 Å². The van der Waals surface area contributed by atoms with Gasteiger partial charge in [0, 0.05) is 12.8 Å². The number of carbonyl (C=O) groups is 2. The molecule has 0 aromatic heterocycles. The van der Waals surface area contributed by atoms with Gasteiger partial charge in [0.1, 0.15) is 0 Å². The molecular weight excluding hydrogens is 208 g/mol. The van der Waals surface area contributed by atoms with Crippen LogP contribution < -0.4 is 0 Å². The first-order chi connectivity index (χ1) is 7.43. The molecule has 16 heavy (non-hydrogen) atoms. The topological polar surface area (TPSA) is 74.6 Å². The molecule has 0 bridgehead atoms. The van der Waals surface area contributed by atoms with Crippen molar-refractivity contribution < 1.29 is 19.8 Å². The highest BCUT2D eigenvalue weighted by Crippen LogP contribution is 2.19. The summed E-state index contributed by atoms with van der Waals surface area (Å²) in [5.74, 6) is -0.236. The van der Waals surface area contributed by atoms with E-state index in [0.29, 0.717) is 12.8 Å². The zero-order chi connectivity index (χ0) is 12.3. The lowest BCUT2D eigenvalue weighted by Gasteiger charge is -1.85. The van der Waals surface area contributed by atoms with Crippen LogP contribution in [0.1, 0.15) is 39.5 Å². The molecule has 0 atom stereocenters. The Morgan fingerprint density at radius 3 is 1.12 bits per heavy atom. The fourth-order valence-corrected chi connectivity index (χ4v) is 1.55. The normalized spacial score (nSPS) is 20.4. The third-order valence-electron chi connectivity index (χ3n) is 2.79. The predicted octanol–water partition coefficient (Wildman–Crippen LogP) is 2.36. The fourth-order valence-electron chi connectivity index (χ4n) is 1.55. The summed E-state index contributed by atoms with van der Waals surface area (Å²) in [6.07, 6.45) is 2.48. The Balaban J connectivity index is 0.000000160. The summed E-state index contributed by atoms with van der Waals surface area (Å²) in [5, 5.41) is 17.6. The van der Waals surface area contributed by atoms with Crippen LogP contribution in [0.15, 0.2) is 22.7 Å². The van der Waals surface area contributed by atoms with E-state index in [1.54, 1.807) is 13.8 Å². The molecule has 4 nitrogen and oxygen atoms in total. The Morgan fingerprint density at radius 2 is 1.06 bits per heavy atom. The molecule has 88 valence electrons. The minimum absolute atomic E-state index is 0.00926. The van der Waals surface area contributed by atoms with E-state index in [4.69, 9.17) is 10.2 Å². The van der Waals surface area contributed by atoms with Gasteiger partial charge < -0.3 is 10.2 Å². The zero-order valence-corrected chi connectivity index (χ0v) is 9.54. The highest BCUT2D eigenvalue weighted by atomic mass is 16.3. The van der Waals surface area contributed by atoms with Crippen molar-refractivity contribution in [3.05, 3.63) is 22.7 Å². The van der Waals surface area contributed by atoms with Gasteiger partial charge in [0.05, 0.1) is 0 Å². The summed E-state index contributed by atoms with van der Waals surface area (Å²) in [5.41, 5.74) is 1.66. The van der Waals surface area contributed by atoms with Crippen LogP contribution >= 0.6 is 0 Å². The van der Waals surface area contributed by atoms with E-state index >= 15 is 0 Å². The van der Waals surface area contributed by atoms with Gasteiger partial charge >= 0.3 is 0 Å². The number of rotatable bonds is 0. The average molecular weight is 224 g/mol. The van der Waals surface area contributed by atoms with Crippen molar-refractivity contribution >= 4 is 11.6 Å². The van der Waals surface area contributed by atoms with Gasteiger partial charge in [0.15, 0.2) is 23.1 Å². The lowest BCUT2D eigenvalue weighted by atomic mass is 10.3. The number of ketones is 2. The van der Waals surface area contributed by atoms with Crippen LogP contribution in [0.2, 0.25) is 0 Å². The SMILES string of the molecule is CC1=C(O)C(=O)CC1.CC1=C(O)C(=O)CC1. The van der Waals surface area contributed by atoms with Crippen LogP contribution in [0.4, 0.5) is 0 Å². The minimum Gasteiger partial charge on any atom is -0.504 e. The number of aliphatic hydroxyl groups is 2. The van der Waals surface area contributed by atoms with E-state index in [9.17, 15) is 9.59 Å². The molecule has 0 radical (unpaired) electrons. The number of hydrogen-bond donors (Lipinski definition) is 2.